The van der Waals surface area contributed by atoms with Crippen LogP contribution in [0, 0.1) is 0 Å². The van der Waals surface area contributed by atoms with Crippen LogP contribution in [-0.4, -0.2) is 15.0 Å². The van der Waals surface area contributed by atoms with Gasteiger partial charge in [0.05, 0.1) is 5.69 Å². The van der Waals surface area contributed by atoms with E-state index in [-0.39, 0.29) is 0 Å². The van der Waals surface area contributed by atoms with Crippen LogP contribution in [0.15, 0.2) is 186 Å². The quantitative estimate of drug-likeness (QED) is 0.171. The fourth-order valence-corrected chi connectivity index (χ4v) is 9.03. The van der Waals surface area contributed by atoms with E-state index in [1.165, 1.54) is 20.2 Å². The average molecular weight is 723 g/mol. The van der Waals surface area contributed by atoms with Gasteiger partial charge in [0.15, 0.2) is 17.5 Å². The maximum atomic E-state index is 6.44. The van der Waals surface area contributed by atoms with Crippen molar-refractivity contribution >= 4 is 81.3 Å². The Kier molecular flexibility index (Phi) is 7.28. The van der Waals surface area contributed by atoms with Gasteiger partial charge in [-0.25, -0.2) is 15.0 Å². The third-order valence-corrected chi connectivity index (χ3v) is 11.5. The number of para-hydroxylation sites is 2. The molecule has 8 aromatic carbocycles. The van der Waals surface area contributed by atoms with E-state index in [1.807, 2.05) is 59.9 Å². The summed E-state index contributed by atoms with van der Waals surface area (Å²) < 4.78 is 8.86. The standard InChI is InChI=1S/C49H30N4OS/c1-4-15-31(16-5-1)47-50-48(32-17-6-2-7-18-32)52-49(51-47)39-24-14-23-38-41(30-40-37-22-11-13-26-44(37)55-46(40)45(38)39)53(33-19-8-3-9-20-33)34-27-28-36-35-21-10-12-25-42(35)54-43(36)29-34/h1-30H. The number of rotatable bonds is 6. The van der Waals surface area contributed by atoms with Gasteiger partial charge in [0, 0.05) is 75.8 Å². The van der Waals surface area contributed by atoms with Gasteiger partial charge in [-0.15, -0.1) is 11.3 Å². The van der Waals surface area contributed by atoms with Crippen molar-refractivity contribution in [3.05, 3.63) is 182 Å². The molecule has 3 heterocycles. The van der Waals surface area contributed by atoms with Crippen LogP contribution in [0.4, 0.5) is 17.1 Å². The molecule has 0 radical (unpaired) electrons. The molecule has 0 bridgehead atoms. The van der Waals surface area contributed by atoms with Gasteiger partial charge in [-0.05, 0) is 42.5 Å². The van der Waals surface area contributed by atoms with Gasteiger partial charge in [0.2, 0.25) is 0 Å². The van der Waals surface area contributed by atoms with Gasteiger partial charge in [0.1, 0.15) is 11.2 Å². The zero-order valence-corrected chi connectivity index (χ0v) is 30.2. The highest BCUT2D eigenvalue weighted by molar-refractivity contribution is 7.26. The normalized spacial score (nSPS) is 11.6. The van der Waals surface area contributed by atoms with Crippen LogP contribution in [-0.2, 0) is 0 Å². The maximum Gasteiger partial charge on any atom is 0.164 e. The second-order valence-electron chi connectivity index (χ2n) is 13.6. The highest BCUT2D eigenvalue weighted by atomic mass is 32.1. The molecule has 0 saturated heterocycles. The minimum atomic E-state index is 0.629. The lowest BCUT2D eigenvalue weighted by Crippen LogP contribution is -2.10. The lowest BCUT2D eigenvalue weighted by molar-refractivity contribution is 0.669. The van der Waals surface area contributed by atoms with E-state index in [0.717, 1.165) is 66.5 Å². The third-order valence-electron chi connectivity index (χ3n) is 10.3. The molecule has 5 nitrogen and oxygen atoms in total. The largest absolute Gasteiger partial charge is 0.456 e. The van der Waals surface area contributed by atoms with Crippen LogP contribution in [0.25, 0.3) is 87.0 Å². The molecule has 0 aliphatic carbocycles. The number of hydrogen-bond acceptors (Lipinski definition) is 6. The molecule has 0 N–H and O–H groups in total. The van der Waals surface area contributed by atoms with Crippen molar-refractivity contribution < 1.29 is 4.42 Å². The molecule has 0 fully saturated rings. The molecule has 0 saturated carbocycles. The molecule has 11 rings (SSSR count). The monoisotopic (exact) mass is 722 g/mol. The first-order valence-corrected chi connectivity index (χ1v) is 19.1. The number of nitrogens with zero attached hydrogens (tertiary/aromatic N) is 4. The minimum absolute atomic E-state index is 0.629. The Hall–Kier alpha value is -7.15. The SMILES string of the molecule is c1ccc(-c2nc(-c3ccccc3)nc(-c3cccc4c(N(c5ccccc5)c5ccc6c(c5)oc5ccccc56)cc5c6ccccc6sc5c34)n2)cc1. The maximum absolute atomic E-state index is 6.44. The van der Waals surface area contributed by atoms with E-state index in [9.17, 15) is 0 Å². The highest BCUT2D eigenvalue weighted by Crippen LogP contribution is 2.49. The summed E-state index contributed by atoms with van der Waals surface area (Å²) in [5, 5.41) is 6.80. The lowest BCUT2D eigenvalue weighted by atomic mass is 9.97. The Labute approximate surface area is 320 Å². The van der Waals surface area contributed by atoms with Crippen LogP contribution in [0.5, 0.6) is 0 Å². The first-order valence-electron chi connectivity index (χ1n) is 18.3. The van der Waals surface area contributed by atoms with Gasteiger partial charge in [-0.2, -0.15) is 0 Å². The number of thiophene rings is 1. The Bertz CT molecular complexity index is 3150. The molecule has 0 unspecified atom stereocenters. The molecule has 0 amide bonds. The van der Waals surface area contributed by atoms with E-state index in [1.54, 1.807) is 0 Å². The fraction of sp³-hybridized carbons (Fsp3) is 0. The van der Waals surface area contributed by atoms with Crippen molar-refractivity contribution in [1.82, 2.24) is 15.0 Å². The van der Waals surface area contributed by atoms with Crippen molar-refractivity contribution in [2.24, 2.45) is 0 Å². The Balaban J connectivity index is 1.23. The van der Waals surface area contributed by atoms with Crippen LogP contribution in [0.2, 0.25) is 0 Å². The van der Waals surface area contributed by atoms with Crippen molar-refractivity contribution in [3.8, 4) is 34.2 Å². The van der Waals surface area contributed by atoms with Gasteiger partial charge in [-0.1, -0.05) is 133 Å². The van der Waals surface area contributed by atoms with E-state index in [0.29, 0.717) is 17.5 Å². The number of aromatic nitrogens is 3. The van der Waals surface area contributed by atoms with E-state index >= 15 is 0 Å². The minimum Gasteiger partial charge on any atom is -0.456 e. The number of hydrogen-bond donors (Lipinski definition) is 0. The Morgan fingerprint density at radius 3 is 1.76 bits per heavy atom. The van der Waals surface area contributed by atoms with Crippen molar-refractivity contribution in [2.75, 3.05) is 4.90 Å². The second kappa shape index (κ2) is 12.8. The average Bonchev–Trinajstić information content (AvgIpc) is 3.82. The van der Waals surface area contributed by atoms with Crippen molar-refractivity contribution in [1.29, 1.82) is 0 Å². The Morgan fingerprint density at radius 1 is 0.418 bits per heavy atom. The van der Waals surface area contributed by atoms with Gasteiger partial charge in [-0.3, -0.25) is 0 Å². The molecule has 0 atom stereocenters. The molecule has 0 aliphatic heterocycles. The number of benzene rings is 8. The van der Waals surface area contributed by atoms with E-state index in [4.69, 9.17) is 19.4 Å². The zero-order chi connectivity index (χ0) is 36.3. The smallest absolute Gasteiger partial charge is 0.164 e. The molecular weight excluding hydrogens is 693 g/mol. The van der Waals surface area contributed by atoms with Crippen LogP contribution >= 0.6 is 11.3 Å². The molecule has 258 valence electrons. The van der Waals surface area contributed by atoms with Crippen LogP contribution in [0.3, 0.4) is 0 Å². The van der Waals surface area contributed by atoms with Gasteiger partial charge < -0.3 is 9.32 Å². The van der Waals surface area contributed by atoms with E-state index in [2.05, 4.69) is 138 Å². The fourth-order valence-electron chi connectivity index (χ4n) is 7.78. The molecule has 0 spiro atoms. The second-order valence-corrected chi connectivity index (χ2v) is 14.6. The third kappa shape index (κ3) is 5.26. The highest BCUT2D eigenvalue weighted by Gasteiger charge is 2.23. The summed E-state index contributed by atoms with van der Waals surface area (Å²) in [6.07, 6.45) is 0. The number of fused-ring (bicyclic) bond motifs is 8. The summed E-state index contributed by atoms with van der Waals surface area (Å²) in [5.41, 5.74) is 7.65. The predicted octanol–water partition coefficient (Wildman–Crippen LogP) is 13.8. The summed E-state index contributed by atoms with van der Waals surface area (Å²) in [5.74, 6) is 1.90. The molecule has 3 aromatic heterocycles. The summed E-state index contributed by atoms with van der Waals surface area (Å²) in [6.45, 7) is 0. The molecular formula is C49H30N4OS. The van der Waals surface area contributed by atoms with E-state index < -0.39 is 0 Å². The summed E-state index contributed by atoms with van der Waals surface area (Å²) in [6, 6.07) is 63.2. The topological polar surface area (TPSA) is 55.1 Å². The summed E-state index contributed by atoms with van der Waals surface area (Å²) in [7, 11) is 0. The van der Waals surface area contributed by atoms with Crippen LogP contribution in [0.1, 0.15) is 0 Å². The number of furan rings is 1. The zero-order valence-electron chi connectivity index (χ0n) is 29.4. The first kappa shape index (κ1) is 31.4. The molecule has 11 aromatic rings. The summed E-state index contributed by atoms with van der Waals surface area (Å²) in [4.78, 5) is 17.8. The van der Waals surface area contributed by atoms with Gasteiger partial charge in [0.25, 0.3) is 0 Å². The van der Waals surface area contributed by atoms with Crippen LogP contribution < -0.4 is 4.90 Å². The first-order chi connectivity index (χ1) is 27.3. The Morgan fingerprint density at radius 2 is 1.02 bits per heavy atom. The molecule has 0 aliphatic rings. The number of anilines is 3. The van der Waals surface area contributed by atoms with Crippen molar-refractivity contribution in [2.45, 2.75) is 0 Å². The lowest BCUT2D eigenvalue weighted by Gasteiger charge is -2.27. The van der Waals surface area contributed by atoms with Gasteiger partial charge >= 0.3 is 0 Å². The predicted molar refractivity (Wildman–Crippen MR) is 228 cm³/mol. The molecule has 55 heavy (non-hydrogen) atoms. The molecule has 6 heteroatoms. The van der Waals surface area contributed by atoms with Crippen molar-refractivity contribution in [3.63, 3.8) is 0 Å². The summed E-state index contributed by atoms with van der Waals surface area (Å²) >= 11 is 1.81.